The summed E-state index contributed by atoms with van der Waals surface area (Å²) in [5.74, 6) is 0.0310. The van der Waals surface area contributed by atoms with Crippen LogP contribution in [0.15, 0.2) is 5.10 Å². The first-order chi connectivity index (χ1) is 9.18. The molecule has 1 N–H and O–H groups in total. The van der Waals surface area contributed by atoms with E-state index in [2.05, 4.69) is 10.5 Å². The molecule has 2 unspecified atom stereocenters. The number of hydrogen-bond donors (Lipinski definition) is 1. The number of hydrazone groups is 1. The number of alkyl halides is 1. The number of amides is 1. The van der Waals surface area contributed by atoms with Gasteiger partial charge in [0.05, 0.1) is 0 Å². The summed E-state index contributed by atoms with van der Waals surface area (Å²) in [4.78, 5) is 12.0. The first-order valence-electron chi connectivity index (χ1n) is 7.66. The van der Waals surface area contributed by atoms with Gasteiger partial charge in [-0.15, -0.1) is 0 Å². The van der Waals surface area contributed by atoms with Gasteiger partial charge in [-0.1, -0.05) is 32.1 Å². The standard InChI is InChI=1S/C15H25FN2O/c1-11(13-9-5-6-10-14(13)16)17-18-15(19)12-7-3-2-4-8-12/h12-14H,2-10H2,1H3,(H,18,19)/b17-11+. The number of carbonyl (C=O) groups is 1. The maximum atomic E-state index is 13.8. The zero-order valence-corrected chi connectivity index (χ0v) is 11.8. The van der Waals surface area contributed by atoms with Crippen molar-refractivity contribution in [3.63, 3.8) is 0 Å². The molecular weight excluding hydrogens is 243 g/mol. The van der Waals surface area contributed by atoms with Gasteiger partial charge < -0.3 is 0 Å². The highest BCUT2D eigenvalue weighted by atomic mass is 19.1. The monoisotopic (exact) mass is 268 g/mol. The highest BCUT2D eigenvalue weighted by molar-refractivity contribution is 5.87. The molecule has 2 fully saturated rings. The summed E-state index contributed by atoms with van der Waals surface area (Å²) in [6.07, 6.45) is 8.18. The SMILES string of the molecule is C/C(=N\NC(=O)C1CCCCC1)C1CCCCC1F. The Morgan fingerprint density at radius 1 is 1.05 bits per heavy atom. The Kier molecular flexibility index (Phi) is 5.34. The third-order valence-electron chi connectivity index (χ3n) is 4.54. The van der Waals surface area contributed by atoms with E-state index >= 15 is 0 Å². The average Bonchev–Trinajstić information content (AvgIpc) is 2.46. The van der Waals surface area contributed by atoms with Crippen molar-refractivity contribution < 1.29 is 9.18 Å². The fourth-order valence-electron chi connectivity index (χ4n) is 3.24. The maximum Gasteiger partial charge on any atom is 0.243 e. The Morgan fingerprint density at radius 2 is 1.68 bits per heavy atom. The van der Waals surface area contributed by atoms with E-state index in [1.165, 1.54) is 6.42 Å². The Balaban J connectivity index is 1.84. The van der Waals surface area contributed by atoms with E-state index in [0.717, 1.165) is 50.7 Å². The fourth-order valence-corrected chi connectivity index (χ4v) is 3.24. The summed E-state index contributed by atoms with van der Waals surface area (Å²) in [5, 5.41) is 4.15. The molecule has 0 aliphatic heterocycles. The van der Waals surface area contributed by atoms with Gasteiger partial charge in [0.2, 0.25) is 5.91 Å². The van der Waals surface area contributed by atoms with Gasteiger partial charge in [-0.25, -0.2) is 9.82 Å². The third-order valence-corrected chi connectivity index (χ3v) is 4.54. The lowest BCUT2D eigenvalue weighted by molar-refractivity contribution is -0.125. The van der Waals surface area contributed by atoms with E-state index < -0.39 is 6.17 Å². The molecule has 2 saturated carbocycles. The van der Waals surface area contributed by atoms with Crippen LogP contribution in [0.1, 0.15) is 64.7 Å². The fraction of sp³-hybridized carbons (Fsp3) is 0.867. The van der Waals surface area contributed by atoms with Crippen molar-refractivity contribution in [1.29, 1.82) is 0 Å². The van der Waals surface area contributed by atoms with Crippen molar-refractivity contribution in [3.05, 3.63) is 0 Å². The summed E-state index contributed by atoms with van der Waals surface area (Å²) in [6, 6.07) is 0. The van der Waals surface area contributed by atoms with Gasteiger partial charge in [-0.2, -0.15) is 5.10 Å². The highest BCUT2D eigenvalue weighted by Crippen LogP contribution is 2.28. The van der Waals surface area contributed by atoms with Crippen LogP contribution in [0.25, 0.3) is 0 Å². The molecule has 19 heavy (non-hydrogen) atoms. The molecule has 2 atom stereocenters. The highest BCUT2D eigenvalue weighted by Gasteiger charge is 2.27. The molecule has 0 aromatic rings. The molecule has 3 nitrogen and oxygen atoms in total. The smallest absolute Gasteiger partial charge is 0.243 e. The molecule has 0 saturated heterocycles. The molecule has 2 rings (SSSR count). The van der Waals surface area contributed by atoms with Crippen LogP contribution in [-0.2, 0) is 4.79 Å². The van der Waals surface area contributed by atoms with Gasteiger partial charge in [-0.3, -0.25) is 4.79 Å². The molecule has 0 radical (unpaired) electrons. The number of nitrogens with one attached hydrogen (secondary N) is 1. The number of hydrogen-bond acceptors (Lipinski definition) is 2. The minimum Gasteiger partial charge on any atom is -0.273 e. The Labute approximate surface area is 115 Å². The number of carbonyl (C=O) groups excluding carboxylic acids is 1. The Morgan fingerprint density at radius 3 is 2.37 bits per heavy atom. The lowest BCUT2D eigenvalue weighted by Crippen LogP contribution is -2.32. The first kappa shape index (κ1) is 14.5. The molecule has 0 bridgehead atoms. The van der Waals surface area contributed by atoms with Crippen LogP contribution in [-0.4, -0.2) is 17.8 Å². The predicted octanol–water partition coefficient (Wildman–Crippen LogP) is 3.59. The van der Waals surface area contributed by atoms with Crippen molar-refractivity contribution >= 4 is 11.6 Å². The first-order valence-corrected chi connectivity index (χ1v) is 7.66. The molecule has 2 aliphatic carbocycles. The van der Waals surface area contributed by atoms with Gasteiger partial charge in [-0.05, 0) is 32.6 Å². The van der Waals surface area contributed by atoms with E-state index in [1.807, 2.05) is 6.92 Å². The van der Waals surface area contributed by atoms with Gasteiger partial charge in [0, 0.05) is 17.5 Å². The summed E-state index contributed by atoms with van der Waals surface area (Å²) < 4.78 is 13.8. The third kappa shape index (κ3) is 4.02. The van der Waals surface area contributed by atoms with E-state index in [0.29, 0.717) is 6.42 Å². The summed E-state index contributed by atoms with van der Waals surface area (Å²) in [6.45, 7) is 1.84. The molecular formula is C15H25FN2O. The van der Waals surface area contributed by atoms with Crippen LogP contribution in [0.4, 0.5) is 4.39 Å². The largest absolute Gasteiger partial charge is 0.273 e. The summed E-state index contributed by atoms with van der Waals surface area (Å²) >= 11 is 0. The van der Waals surface area contributed by atoms with Gasteiger partial charge >= 0.3 is 0 Å². The zero-order chi connectivity index (χ0) is 13.7. The van der Waals surface area contributed by atoms with Crippen LogP contribution >= 0.6 is 0 Å². The molecule has 0 aromatic carbocycles. The molecule has 4 heteroatoms. The van der Waals surface area contributed by atoms with Gasteiger partial charge in [0.1, 0.15) is 6.17 Å². The van der Waals surface area contributed by atoms with Crippen molar-refractivity contribution in [3.8, 4) is 0 Å². The van der Waals surface area contributed by atoms with Crippen LogP contribution in [0.3, 0.4) is 0 Å². The maximum absolute atomic E-state index is 13.8. The second-order valence-electron chi connectivity index (χ2n) is 5.97. The van der Waals surface area contributed by atoms with Crippen molar-refractivity contribution in [1.82, 2.24) is 5.43 Å². The minimum absolute atomic E-state index is 0.0188. The Hall–Kier alpha value is -0.930. The topological polar surface area (TPSA) is 41.5 Å². The number of nitrogens with zero attached hydrogens (tertiary/aromatic N) is 1. The average molecular weight is 268 g/mol. The summed E-state index contributed by atoms with van der Waals surface area (Å²) in [5.41, 5.74) is 3.40. The van der Waals surface area contributed by atoms with Crippen LogP contribution in [0, 0.1) is 11.8 Å². The molecule has 108 valence electrons. The molecule has 0 spiro atoms. The predicted molar refractivity (Wildman–Crippen MR) is 74.7 cm³/mol. The molecule has 1 amide bonds. The number of rotatable bonds is 3. The van der Waals surface area contributed by atoms with E-state index in [-0.39, 0.29) is 17.7 Å². The zero-order valence-electron chi connectivity index (χ0n) is 11.8. The van der Waals surface area contributed by atoms with Crippen LogP contribution in [0.2, 0.25) is 0 Å². The van der Waals surface area contributed by atoms with Crippen molar-refractivity contribution in [2.24, 2.45) is 16.9 Å². The minimum atomic E-state index is -0.788. The van der Waals surface area contributed by atoms with Crippen molar-refractivity contribution in [2.45, 2.75) is 70.9 Å². The van der Waals surface area contributed by atoms with E-state index in [1.54, 1.807) is 0 Å². The van der Waals surface area contributed by atoms with Crippen molar-refractivity contribution in [2.75, 3.05) is 0 Å². The molecule has 0 aromatic heterocycles. The van der Waals surface area contributed by atoms with Crippen LogP contribution in [0.5, 0.6) is 0 Å². The molecule has 2 aliphatic rings. The second kappa shape index (κ2) is 7.01. The Bertz CT molecular complexity index is 337. The van der Waals surface area contributed by atoms with Crippen LogP contribution < -0.4 is 5.43 Å². The second-order valence-corrected chi connectivity index (χ2v) is 5.97. The van der Waals surface area contributed by atoms with Gasteiger partial charge in [0.25, 0.3) is 0 Å². The normalized spacial score (nSPS) is 30.1. The lowest BCUT2D eigenvalue weighted by atomic mass is 9.85. The van der Waals surface area contributed by atoms with E-state index in [4.69, 9.17) is 0 Å². The quantitative estimate of drug-likeness (QED) is 0.617. The number of halogens is 1. The molecule has 0 heterocycles. The lowest BCUT2D eigenvalue weighted by Gasteiger charge is -2.25. The van der Waals surface area contributed by atoms with E-state index in [9.17, 15) is 9.18 Å². The summed E-state index contributed by atoms with van der Waals surface area (Å²) in [7, 11) is 0. The van der Waals surface area contributed by atoms with Gasteiger partial charge in [0.15, 0.2) is 0 Å².